The van der Waals surface area contributed by atoms with Crippen molar-refractivity contribution in [3.8, 4) is 0 Å². The number of carbonyl (C=O) groups excluding carboxylic acids is 3. The van der Waals surface area contributed by atoms with E-state index in [1.54, 1.807) is 16.7 Å². The van der Waals surface area contributed by atoms with Gasteiger partial charge >= 0.3 is 0 Å². The van der Waals surface area contributed by atoms with Crippen molar-refractivity contribution < 1.29 is 19.1 Å². The highest BCUT2D eigenvalue weighted by Gasteiger charge is 2.73. The molecule has 0 unspecified atom stereocenters. The third kappa shape index (κ3) is 4.69. The van der Waals surface area contributed by atoms with Crippen LogP contribution in [0.25, 0.3) is 0 Å². The smallest absolute Gasteiger partial charge is 0.246 e. The molecule has 7 nitrogen and oxygen atoms in total. The van der Waals surface area contributed by atoms with Crippen LogP contribution < -0.4 is 10.6 Å². The maximum atomic E-state index is 14.4. The Bertz CT molecular complexity index is 1370. The molecule has 1 aliphatic carbocycles. The van der Waals surface area contributed by atoms with Gasteiger partial charge in [0.05, 0.1) is 24.0 Å². The normalized spacial score (nSPS) is 34.4. The molecule has 9 atom stereocenters. The summed E-state index contributed by atoms with van der Waals surface area (Å²) in [7, 11) is 0. The number of thioether (sulfide) groups is 1. The van der Waals surface area contributed by atoms with Crippen molar-refractivity contribution in [3.05, 3.63) is 72.3 Å². The summed E-state index contributed by atoms with van der Waals surface area (Å²) in [6.07, 6.45) is 8.31. The Balaban J connectivity index is 1.35. The maximum absolute atomic E-state index is 14.4. The molecule has 41 heavy (non-hydrogen) atoms. The molecule has 1 saturated carbocycles. The van der Waals surface area contributed by atoms with Gasteiger partial charge in [-0.1, -0.05) is 75.2 Å². The van der Waals surface area contributed by atoms with Gasteiger partial charge in [-0.05, 0) is 55.2 Å². The Morgan fingerprint density at radius 1 is 1.07 bits per heavy atom. The summed E-state index contributed by atoms with van der Waals surface area (Å²) in [6.45, 7) is 6.39. The highest BCUT2D eigenvalue weighted by molar-refractivity contribution is 7.98. The van der Waals surface area contributed by atoms with Crippen molar-refractivity contribution in [1.29, 1.82) is 0 Å². The fraction of sp³-hybridized carbons (Fsp3) is 0.485. The molecule has 6 rings (SSSR count). The summed E-state index contributed by atoms with van der Waals surface area (Å²) in [5, 5.41) is 6.37. The number of nitrogens with one attached hydrogen (secondary N) is 2. The highest BCUT2D eigenvalue weighted by Crippen LogP contribution is 2.56. The molecular weight excluding hydrogens is 534 g/mol. The Morgan fingerprint density at radius 2 is 1.85 bits per heavy atom. The molecule has 3 aliphatic heterocycles. The summed E-state index contributed by atoms with van der Waals surface area (Å²) < 4.78 is 6.56. The van der Waals surface area contributed by atoms with Gasteiger partial charge in [-0.25, -0.2) is 0 Å². The average molecular weight is 574 g/mol. The van der Waals surface area contributed by atoms with E-state index in [4.69, 9.17) is 4.74 Å². The van der Waals surface area contributed by atoms with Crippen molar-refractivity contribution >= 4 is 35.2 Å². The van der Waals surface area contributed by atoms with E-state index >= 15 is 0 Å². The fourth-order valence-corrected chi connectivity index (χ4v) is 7.95. The lowest BCUT2D eigenvalue weighted by Crippen LogP contribution is -2.58. The molecule has 2 bridgehead atoms. The summed E-state index contributed by atoms with van der Waals surface area (Å²) in [5.41, 5.74) is 0.419. The Labute approximate surface area is 246 Å². The molecule has 2 saturated heterocycles. The Hall–Kier alpha value is -3.10. The van der Waals surface area contributed by atoms with Crippen molar-refractivity contribution in [2.45, 2.75) is 74.8 Å². The van der Waals surface area contributed by atoms with E-state index in [0.717, 1.165) is 29.7 Å². The first-order chi connectivity index (χ1) is 19.7. The van der Waals surface area contributed by atoms with E-state index in [-0.39, 0.29) is 29.8 Å². The first-order valence-corrected chi connectivity index (χ1v) is 16.0. The molecule has 2 aromatic rings. The van der Waals surface area contributed by atoms with E-state index in [0.29, 0.717) is 17.5 Å². The van der Waals surface area contributed by atoms with Gasteiger partial charge in [-0.3, -0.25) is 14.4 Å². The van der Waals surface area contributed by atoms with E-state index in [1.807, 2.05) is 79.9 Å². The van der Waals surface area contributed by atoms with Crippen LogP contribution in [0.1, 0.15) is 51.6 Å². The number of fused-ring (bicyclic) bond motifs is 1. The van der Waals surface area contributed by atoms with Gasteiger partial charge in [-0.2, -0.15) is 0 Å². The van der Waals surface area contributed by atoms with Gasteiger partial charge in [0.1, 0.15) is 11.6 Å². The topological polar surface area (TPSA) is 87.7 Å². The van der Waals surface area contributed by atoms with Crippen LogP contribution in [0.5, 0.6) is 0 Å². The standard InChI is InChI=1S/C33H39N3O4S/c1-19-10-8-15-25(20(19)2)35-31(38)29-33-17-16-26(40-33)27(30(37)34-23-13-9-14-24(18-23)41-4)28(33)32(39)36(29)21(3)22-11-6-5-7-12-22/h5-7,9,11-14,16-21,25-29H,8,10,15H2,1-4H3,(H,34,37)(H,35,38)/t19-,20+,21-,25+,26-,27+,28-,29-,33-/m0/s1. The number of ether oxygens (including phenoxy) is 1. The molecule has 0 aromatic heterocycles. The predicted molar refractivity (Wildman–Crippen MR) is 160 cm³/mol. The van der Waals surface area contributed by atoms with E-state index in [1.165, 1.54) is 0 Å². The highest BCUT2D eigenvalue weighted by atomic mass is 32.2. The number of amides is 3. The van der Waals surface area contributed by atoms with E-state index < -0.39 is 29.6 Å². The minimum Gasteiger partial charge on any atom is -0.359 e. The summed E-state index contributed by atoms with van der Waals surface area (Å²) in [4.78, 5) is 45.3. The zero-order valence-electron chi connectivity index (χ0n) is 24.1. The molecule has 3 amide bonds. The van der Waals surface area contributed by atoms with Crippen LogP contribution in [0.4, 0.5) is 5.69 Å². The van der Waals surface area contributed by atoms with Crippen LogP contribution in [-0.2, 0) is 19.1 Å². The van der Waals surface area contributed by atoms with E-state index in [9.17, 15) is 14.4 Å². The first-order valence-electron chi connectivity index (χ1n) is 14.7. The third-order valence-corrected chi connectivity index (χ3v) is 10.7. The first kappa shape index (κ1) is 28.0. The lowest BCUT2D eigenvalue weighted by molar-refractivity contribution is -0.144. The number of rotatable bonds is 7. The lowest BCUT2D eigenvalue weighted by Gasteiger charge is -2.39. The van der Waals surface area contributed by atoms with Crippen LogP contribution in [0.15, 0.2) is 71.6 Å². The van der Waals surface area contributed by atoms with Gasteiger partial charge in [0, 0.05) is 16.6 Å². The van der Waals surface area contributed by atoms with E-state index in [2.05, 4.69) is 24.5 Å². The predicted octanol–water partition coefficient (Wildman–Crippen LogP) is 5.20. The van der Waals surface area contributed by atoms with Crippen molar-refractivity contribution in [2.24, 2.45) is 23.7 Å². The SMILES string of the molecule is CSc1cccc(NC(=O)[C@@H]2[C@@H]3C=C[C@]4(O3)[C@@H]2C(=O)N([C@@H](C)c2ccccc2)[C@H]4C(=O)N[C@@H]2CCC[C@H](C)[C@H]2C)c1. The zero-order chi connectivity index (χ0) is 28.9. The average Bonchev–Trinajstić information content (AvgIpc) is 3.63. The largest absolute Gasteiger partial charge is 0.359 e. The molecule has 3 fully saturated rings. The molecular formula is C33H39N3O4S. The molecule has 216 valence electrons. The van der Waals surface area contributed by atoms with Crippen LogP contribution >= 0.6 is 11.8 Å². The molecule has 2 aromatic carbocycles. The van der Waals surface area contributed by atoms with Gasteiger partial charge in [0.25, 0.3) is 0 Å². The minimum atomic E-state index is -1.19. The monoisotopic (exact) mass is 573 g/mol. The van der Waals surface area contributed by atoms with Crippen LogP contribution in [0.3, 0.4) is 0 Å². The van der Waals surface area contributed by atoms with Gasteiger partial charge in [-0.15, -0.1) is 11.8 Å². The Kier molecular flexibility index (Phi) is 7.49. The van der Waals surface area contributed by atoms with Crippen molar-refractivity contribution in [2.75, 3.05) is 11.6 Å². The molecule has 3 heterocycles. The second kappa shape index (κ2) is 11.0. The summed E-state index contributed by atoms with van der Waals surface area (Å²) >= 11 is 1.60. The molecule has 8 heteroatoms. The molecule has 4 aliphatic rings. The molecule has 2 N–H and O–H groups in total. The Morgan fingerprint density at radius 3 is 2.61 bits per heavy atom. The zero-order valence-corrected chi connectivity index (χ0v) is 24.9. The number of nitrogens with zero attached hydrogens (tertiary/aromatic N) is 1. The maximum Gasteiger partial charge on any atom is 0.246 e. The second-order valence-corrected chi connectivity index (χ2v) is 13.0. The number of hydrogen-bond donors (Lipinski definition) is 2. The second-order valence-electron chi connectivity index (χ2n) is 12.1. The van der Waals surface area contributed by atoms with Crippen molar-refractivity contribution in [3.63, 3.8) is 0 Å². The lowest BCUT2D eigenvalue weighted by atomic mass is 9.73. The third-order valence-electron chi connectivity index (χ3n) is 9.93. The summed E-state index contributed by atoms with van der Waals surface area (Å²) in [5.74, 6) is -1.34. The minimum absolute atomic E-state index is 0.0380. The van der Waals surface area contributed by atoms with Crippen LogP contribution in [-0.4, -0.2) is 52.7 Å². The summed E-state index contributed by atoms with van der Waals surface area (Å²) in [6, 6.07) is 16.2. The van der Waals surface area contributed by atoms with Gasteiger partial charge in [0.15, 0.2) is 0 Å². The number of hydrogen-bond acceptors (Lipinski definition) is 5. The van der Waals surface area contributed by atoms with Crippen LogP contribution in [0, 0.1) is 23.7 Å². The van der Waals surface area contributed by atoms with Gasteiger partial charge in [0.2, 0.25) is 17.7 Å². The number of carbonyl (C=O) groups is 3. The number of anilines is 1. The van der Waals surface area contributed by atoms with Gasteiger partial charge < -0.3 is 20.3 Å². The van der Waals surface area contributed by atoms with Crippen molar-refractivity contribution in [1.82, 2.24) is 10.2 Å². The fourth-order valence-electron chi connectivity index (χ4n) is 7.49. The molecule has 1 spiro atoms. The number of likely N-dealkylation sites (tertiary alicyclic amines) is 1. The van der Waals surface area contributed by atoms with Crippen LogP contribution in [0.2, 0.25) is 0 Å². The molecule has 0 radical (unpaired) electrons. The quantitative estimate of drug-likeness (QED) is 0.351. The number of benzene rings is 2.